The zero-order valence-electron chi connectivity index (χ0n) is 11.3. The highest BCUT2D eigenvalue weighted by Gasteiger charge is 2.23. The Balaban J connectivity index is 2.08. The number of carbonyl (C=O) groups is 2. The molecule has 1 aliphatic heterocycles. The molecule has 1 aromatic rings. The van der Waals surface area contributed by atoms with Gasteiger partial charge in [-0.05, 0) is 31.2 Å². The van der Waals surface area contributed by atoms with E-state index < -0.39 is 0 Å². The van der Waals surface area contributed by atoms with Crippen LogP contribution in [0.25, 0.3) is 0 Å². The molecule has 2 amide bonds. The number of piperazine rings is 1. The molecule has 0 bridgehead atoms. The Morgan fingerprint density at radius 2 is 2.00 bits per heavy atom. The van der Waals surface area contributed by atoms with Gasteiger partial charge in [-0.25, -0.2) is 0 Å². The van der Waals surface area contributed by atoms with Crippen molar-refractivity contribution in [2.45, 2.75) is 19.9 Å². The van der Waals surface area contributed by atoms with Gasteiger partial charge in [-0.15, -0.1) is 0 Å². The summed E-state index contributed by atoms with van der Waals surface area (Å²) in [6, 6.07) is 7.21. The molecular weight excluding hydrogens is 242 g/mol. The lowest BCUT2D eigenvalue weighted by atomic mass is 10.1. The van der Waals surface area contributed by atoms with Gasteiger partial charge in [0.15, 0.2) is 0 Å². The highest BCUT2D eigenvalue weighted by molar-refractivity contribution is 5.95. The normalized spacial score (nSPS) is 19.1. The molecule has 1 heterocycles. The first-order valence-corrected chi connectivity index (χ1v) is 6.47. The van der Waals surface area contributed by atoms with Crippen LogP contribution < -0.4 is 10.6 Å². The van der Waals surface area contributed by atoms with E-state index in [2.05, 4.69) is 10.6 Å². The van der Waals surface area contributed by atoms with Gasteiger partial charge < -0.3 is 15.5 Å². The molecule has 0 aromatic heterocycles. The van der Waals surface area contributed by atoms with Crippen molar-refractivity contribution >= 4 is 17.5 Å². The van der Waals surface area contributed by atoms with Crippen LogP contribution in [0.4, 0.5) is 5.69 Å². The molecule has 0 radical (unpaired) electrons. The monoisotopic (exact) mass is 261 g/mol. The molecule has 1 fully saturated rings. The molecular formula is C14H19N3O2. The standard InChI is InChI=1S/C14H19N3O2/c1-10-9-15-7-8-17(10)14(19)12-3-5-13(6-4-12)16-11(2)18/h3-6,10,15H,7-9H2,1-2H3,(H,16,18)/t10-/m0/s1. The average molecular weight is 261 g/mol. The average Bonchev–Trinajstić information content (AvgIpc) is 2.39. The van der Waals surface area contributed by atoms with E-state index in [0.717, 1.165) is 19.6 Å². The first-order chi connectivity index (χ1) is 9.08. The molecule has 1 saturated heterocycles. The number of carbonyl (C=O) groups excluding carboxylic acids is 2. The predicted octanol–water partition coefficient (Wildman–Crippen LogP) is 1.08. The number of nitrogens with zero attached hydrogens (tertiary/aromatic N) is 1. The second kappa shape index (κ2) is 5.84. The minimum atomic E-state index is -0.116. The Labute approximate surface area is 113 Å². The minimum absolute atomic E-state index is 0.0448. The summed E-state index contributed by atoms with van der Waals surface area (Å²) in [5.41, 5.74) is 1.36. The molecule has 5 nitrogen and oxygen atoms in total. The Hall–Kier alpha value is -1.88. The van der Waals surface area contributed by atoms with Crippen molar-refractivity contribution in [3.63, 3.8) is 0 Å². The van der Waals surface area contributed by atoms with Crippen molar-refractivity contribution < 1.29 is 9.59 Å². The third-order valence-electron chi connectivity index (χ3n) is 3.21. The Kier molecular flexibility index (Phi) is 4.16. The van der Waals surface area contributed by atoms with Crippen LogP contribution in [0.5, 0.6) is 0 Å². The number of rotatable bonds is 2. The van der Waals surface area contributed by atoms with E-state index in [0.29, 0.717) is 11.3 Å². The van der Waals surface area contributed by atoms with Crippen molar-refractivity contribution in [2.24, 2.45) is 0 Å². The van der Waals surface area contributed by atoms with Gasteiger partial charge >= 0.3 is 0 Å². The molecule has 1 aromatic carbocycles. The van der Waals surface area contributed by atoms with Crippen LogP contribution in [0, 0.1) is 0 Å². The second-order valence-corrected chi connectivity index (χ2v) is 4.81. The number of benzene rings is 1. The fourth-order valence-electron chi connectivity index (χ4n) is 2.21. The van der Waals surface area contributed by atoms with E-state index in [1.54, 1.807) is 24.3 Å². The summed E-state index contributed by atoms with van der Waals surface area (Å²) in [7, 11) is 0. The molecule has 19 heavy (non-hydrogen) atoms. The summed E-state index contributed by atoms with van der Waals surface area (Å²) in [6.07, 6.45) is 0. The van der Waals surface area contributed by atoms with Gasteiger partial charge in [0.1, 0.15) is 0 Å². The molecule has 1 aliphatic rings. The van der Waals surface area contributed by atoms with Crippen LogP contribution in [-0.4, -0.2) is 42.4 Å². The van der Waals surface area contributed by atoms with Crippen LogP contribution in [0.15, 0.2) is 24.3 Å². The predicted molar refractivity (Wildman–Crippen MR) is 74.1 cm³/mol. The molecule has 2 N–H and O–H groups in total. The zero-order valence-corrected chi connectivity index (χ0v) is 11.3. The topological polar surface area (TPSA) is 61.4 Å². The zero-order chi connectivity index (χ0) is 13.8. The lowest BCUT2D eigenvalue weighted by Gasteiger charge is -2.34. The van der Waals surface area contributed by atoms with Crippen LogP contribution >= 0.6 is 0 Å². The first-order valence-electron chi connectivity index (χ1n) is 6.47. The summed E-state index contributed by atoms with van der Waals surface area (Å²) in [5.74, 6) is -0.0711. The largest absolute Gasteiger partial charge is 0.333 e. The van der Waals surface area contributed by atoms with Crippen molar-refractivity contribution in [2.75, 3.05) is 25.0 Å². The summed E-state index contributed by atoms with van der Waals surface area (Å²) in [5, 5.41) is 5.95. The highest BCUT2D eigenvalue weighted by Crippen LogP contribution is 2.14. The van der Waals surface area contributed by atoms with Crippen LogP contribution in [0.2, 0.25) is 0 Å². The fourth-order valence-corrected chi connectivity index (χ4v) is 2.21. The first kappa shape index (κ1) is 13.5. The van der Waals surface area contributed by atoms with Gasteiger partial charge in [0.05, 0.1) is 0 Å². The number of nitrogens with one attached hydrogen (secondary N) is 2. The van der Waals surface area contributed by atoms with Gasteiger partial charge in [0.25, 0.3) is 5.91 Å². The summed E-state index contributed by atoms with van der Waals surface area (Å²) < 4.78 is 0. The molecule has 5 heteroatoms. The molecule has 0 saturated carbocycles. The molecule has 0 spiro atoms. The van der Waals surface area contributed by atoms with E-state index >= 15 is 0 Å². The van der Waals surface area contributed by atoms with Crippen LogP contribution in [0.3, 0.4) is 0 Å². The van der Waals surface area contributed by atoms with Crippen LogP contribution in [-0.2, 0) is 4.79 Å². The maximum atomic E-state index is 12.4. The van der Waals surface area contributed by atoms with Crippen molar-refractivity contribution in [1.29, 1.82) is 0 Å². The number of hydrogen-bond donors (Lipinski definition) is 2. The SMILES string of the molecule is CC(=O)Nc1ccc(C(=O)N2CCNC[C@@H]2C)cc1. The number of amides is 2. The van der Waals surface area contributed by atoms with Gasteiger partial charge in [-0.2, -0.15) is 0 Å². The van der Waals surface area contributed by atoms with E-state index in [1.165, 1.54) is 6.92 Å². The molecule has 0 aliphatic carbocycles. The Bertz CT molecular complexity index is 470. The van der Waals surface area contributed by atoms with Gasteiger partial charge in [-0.1, -0.05) is 0 Å². The van der Waals surface area contributed by atoms with E-state index in [1.807, 2.05) is 11.8 Å². The van der Waals surface area contributed by atoms with E-state index in [4.69, 9.17) is 0 Å². The maximum Gasteiger partial charge on any atom is 0.254 e. The molecule has 0 unspecified atom stereocenters. The van der Waals surface area contributed by atoms with Gasteiger partial charge in [0.2, 0.25) is 5.91 Å². The summed E-state index contributed by atoms with van der Waals surface area (Å²) in [6.45, 7) is 5.89. The lowest BCUT2D eigenvalue weighted by molar-refractivity contribution is -0.114. The molecule has 102 valence electrons. The van der Waals surface area contributed by atoms with Gasteiger partial charge in [-0.3, -0.25) is 9.59 Å². The van der Waals surface area contributed by atoms with Crippen molar-refractivity contribution in [3.05, 3.63) is 29.8 Å². The summed E-state index contributed by atoms with van der Waals surface area (Å²) in [4.78, 5) is 25.2. The lowest BCUT2D eigenvalue weighted by Crippen LogP contribution is -2.52. The minimum Gasteiger partial charge on any atom is -0.333 e. The van der Waals surface area contributed by atoms with Crippen molar-refractivity contribution in [3.8, 4) is 0 Å². The Morgan fingerprint density at radius 3 is 2.58 bits per heavy atom. The fraction of sp³-hybridized carbons (Fsp3) is 0.429. The number of hydrogen-bond acceptors (Lipinski definition) is 3. The maximum absolute atomic E-state index is 12.4. The van der Waals surface area contributed by atoms with E-state index in [9.17, 15) is 9.59 Å². The molecule has 2 rings (SSSR count). The molecule has 1 atom stereocenters. The van der Waals surface area contributed by atoms with E-state index in [-0.39, 0.29) is 17.9 Å². The quantitative estimate of drug-likeness (QED) is 0.837. The number of anilines is 1. The van der Waals surface area contributed by atoms with Crippen LogP contribution in [0.1, 0.15) is 24.2 Å². The van der Waals surface area contributed by atoms with Gasteiger partial charge in [0, 0.05) is 43.9 Å². The second-order valence-electron chi connectivity index (χ2n) is 4.81. The Morgan fingerprint density at radius 1 is 1.32 bits per heavy atom. The summed E-state index contributed by atoms with van der Waals surface area (Å²) >= 11 is 0. The van der Waals surface area contributed by atoms with Crippen molar-refractivity contribution in [1.82, 2.24) is 10.2 Å². The third-order valence-corrected chi connectivity index (χ3v) is 3.21. The third kappa shape index (κ3) is 3.32. The highest BCUT2D eigenvalue weighted by atomic mass is 16.2. The smallest absolute Gasteiger partial charge is 0.254 e.